The van der Waals surface area contributed by atoms with Crippen LogP contribution in [0.5, 0.6) is 0 Å². The van der Waals surface area contributed by atoms with Crippen molar-refractivity contribution in [1.82, 2.24) is 5.32 Å². The Morgan fingerprint density at radius 3 is 2.39 bits per heavy atom. The lowest BCUT2D eigenvalue weighted by atomic mass is 10.2. The quantitative estimate of drug-likeness (QED) is 0.767. The van der Waals surface area contributed by atoms with Gasteiger partial charge in [0.15, 0.2) is 0 Å². The van der Waals surface area contributed by atoms with Crippen molar-refractivity contribution in [1.29, 1.82) is 0 Å². The smallest absolute Gasteiger partial charge is 0.236 e. The second kappa shape index (κ2) is 7.01. The zero-order chi connectivity index (χ0) is 13.5. The molecule has 4 nitrogen and oxygen atoms in total. The van der Waals surface area contributed by atoms with Crippen LogP contribution >= 0.6 is 0 Å². The van der Waals surface area contributed by atoms with Crippen molar-refractivity contribution in [2.45, 2.75) is 32.9 Å². The molecule has 4 heteroatoms. The highest BCUT2D eigenvalue weighted by atomic mass is 16.1. The van der Waals surface area contributed by atoms with Crippen LogP contribution in [0.2, 0.25) is 0 Å². The minimum absolute atomic E-state index is 0.233. The average Bonchev–Trinajstić information content (AvgIpc) is 2.34. The normalized spacial score (nSPS) is 12.4. The molecule has 1 aromatic rings. The first kappa shape index (κ1) is 14.5. The third-order valence-electron chi connectivity index (χ3n) is 2.78. The van der Waals surface area contributed by atoms with E-state index in [0.29, 0.717) is 6.54 Å². The summed E-state index contributed by atoms with van der Waals surface area (Å²) in [6.45, 7) is 7.52. The number of nitrogens with two attached hydrogens (primary N) is 1. The number of hydrogen-bond donors (Lipinski definition) is 2. The van der Waals surface area contributed by atoms with Gasteiger partial charge in [0.2, 0.25) is 5.91 Å². The first-order valence-corrected chi connectivity index (χ1v) is 6.40. The SMILES string of the molecule is CCN(CC(NC(C)C)C(N)=O)c1ccccc1. The zero-order valence-electron chi connectivity index (χ0n) is 11.4. The van der Waals surface area contributed by atoms with Crippen LogP contribution in [-0.2, 0) is 4.79 Å². The number of amides is 1. The summed E-state index contributed by atoms with van der Waals surface area (Å²) in [5.74, 6) is -0.307. The minimum atomic E-state index is -0.329. The van der Waals surface area contributed by atoms with E-state index in [2.05, 4.69) is 17.1 Å². The lowest BCUT2D eigenvalue weighted by Crippen LogP contribution is -2.51. The molecule has 0 aliphatic carbocycles. The number of carbonyl (C=O) groups excluding carboxylic acids is 1. The Balaban J connectivity index is 2.74. The molecule has 0 fully saturated rings. The molecule has 0 saturated carbocycles. The number of benzene rings is 1. The van der Waals surface area contributed by atoms with E-state index >= 15 is 0 Å². The van der Waals surface area contributed by atoms with Crippen LogP contribution in [0.4, 0.5) is 5.69 Å². The number of anilines is 1. The lowest BCUT2D eigenvalue weighted by Gasteiger charge is -2.28. The van der Waals surface area contributed by atoms with Crippen molar-refractivity contribution in [3.63, 3.8) is 0 Å². The number of carbonyl (C=O) groups is 1. The van der Waals surface area contributed by atoms with Crippen molar-refractivity contribution in [2.24, 2.45) is 5.73 Å². The molecule has 1 rings (SSSR count). The van der Waals surface area contributed by atoms with Crippen LogP contribution in [0.25, 0.3) is 0 Å². The molecule has 0 heterocycles. The molecule has 0 saturated heterocycles. The average molecular weight is 249 g/mol. The van der Waals surface area contributed by atoms with Gasteiger partial charge in [-0.15, -0.1) is 0 Å². The van der Waals surface area contributed by atoms with E-state index in [-0.39, 0.29) is 18.0 Å². The summed E-state index contributed by atoms with van der Waals surface area (Å²) in [6.07, 6.45) is 0. The van der Waals surface area contributed by atoms with Crippen LogP contribution < -0.4 is 16.0 Å². The van der Waals surface area contributed by atoms with Crippen LogP contribution in [-0.4, -0.2) is 31.1 Å². The fraction of sp³-hybridized carbons (Fsp3) is 0.500. The van der Waals surface area contributed by atoms with E-state index in [1.165, 1.54) is 0 Å². The monoisotopic (exact) mass is 249 g/mol. The summed E-state index contributed by atoms with van der Waals surface area (Å²) in [5.41, 5.74) is 6.55. The van der Waals surface area contributed by atoms with Gasteiger partial charge in [-0.1, -0.05) is 32.0 Å². The van der Waals surface area contributed by atoms with E-state index in [4.69, 9.17) is 5.73 Å². The van der Waals surface area contributed by atoms with Gasteiger partial charge >= 0.3 is 0 Å². The highest BCUT2D eigenvalue weighted by Crippen LogP contribution is 2.13. The Bertz CT molecular complexity index is 365. The fourth-order valence-electron chi connectivity index (χ4n) is 1.90. The number of rotatable bonds is 7. The third-order valence-corrected chi connectivity index (χ3v) is 2.78. The van der Waals surface area contributed by atoms with Crippen molar-refractivity contribution >= 4 is 11.6 Å². The first-order valence-electron chi connectivity index (χ1n) is 6.40. The highest BCUT2D eigenvalue weighted by molar-refractivity contribution is 5.80. The van der Waals surface area contributed by atoms with Crippen LogP contribution in [0.1, 0.15) is 20.8 Å². The molecule has 3 N–H and O–H groups in total. The van der Waals surface area contributed by atoms with Gasteiger partial charge in [0, 0.05) is 24.8 Å². The summed E-state index contributed by atoms with van der Waals surface area (Å²) in [7, 11) is 0. The van der Waals surface area contributed by atoms with Gasteiger partial charge in [-0.05, 0) is 19.1 Å². The molecule has 0 aliphatic heterocycles. The number of nitrogens with one attached hydrogen (secondary N) is 1. The summed E-state index contributed by atoms with van der Waals surface area (Å²) in [6, 6.07) is 9.95. The maximum atomic E-state index is 11.5. The Hall–Kier alpha value is -1.55. The van der Waals surface area contributed by atoms with Crippen molar-refractivity contribution in [3.8, 4) is 0 Å². The molecule has 0 aromatic heterocycles. The largest absolute Gasteiger partial charge is 0.370 e. The molecule has 0 spiro atoms. The van der Waals surface area contributed by atoms with Crippen molar-refractivity contribution in [3.05, 3.63) is 30.3 Å². The number of nitrogens with zero attached hydrogens (tertiary/aromatic N) is 1. The maximum Gasteiger partial charge on any atom is 0.236 e. The molecule has 0 radical (unpaired) electrons. The maximum absolute atomic E-state index is 11.5. The summed E-state index contributed by atoms with van der Waals surface area (Å²) < 4.78 is 0. The molecular weight excluding hydrogens is 226 g/mol. The predicted molar refractivity (Wildman–Crippen MR) is 75.6 cm³/mol. The van der Waals surface area contributed by atoms with Crippen LogP contribution in [0.3, 0.4) is 0 Å². The number of hydrogen-bond acceptors (Lipinski definition) is 3. The minimum Gasteiger partial charge on any atom is -0.370 e. The predicted octanol–water partition coefficient (Wildman–Crippen LogP) is 1.36. The molecular formula is C14H23N3O. The van der Waals surface area contributed by atoms with E-state index in [9.17, 15) is 4.79 Å². The summed E-state index contributed by atoms with van der Waals surface area (Å²) in [4.78, 5) is 13.6. The number of para-hydroxylation sites is 1. The summed E-state index contributed by atoms with van der Waals surface area (Å²) >= 11 is 0. The first-order chi connectivity index (χ1) is 8.54. The van der Waals surface area contributed by atoms with Gasteiger partial charge in [0.25, 0.3) is 0 Å². The second-order valence-electron chi connectivity index (χ2n) is 4.65. The van der Waals surface area contributed by atoms with Gasteiger partial charge in [0.05, 0.1) is 0 Å². The molecule has 18 heavy (non-hydrogen) atoms. The molecule has 0 aliphatic rings. The fourth-order valence-corrected chi connectivity index (χ4v) is 1.90. The Labute approximate surface area is 109 Å². The van der Waals surface area contributed by atoms with Gasteiger partial charge in [0.1, 0.15) is 6.04 Å². The van der Waals surface area contributed by atoms with Gasteiger partial charge in [-0.3, -0.25) is 4.79 Å². The van der Waals surface area contributed by atoms with Crippen LogP contribution in [0, 0.1) is 0 Å². The van der Waals surface area contributed by atoms with Crippen LogP contribution in [0.15, 0.2) is 30.3 Å². The Morgan fingerprint density at radius 2 is 1.94 bits per heavy atom. The van der Waals surface area contributed by atoms with Gasteiger partial charge in [-0.2, -0.15) is 0 Å². The third kappa shape index (κ3) is 4.37. The van der Waals surface area contributed by atoms with Gasteiger partial charge < -0.3 is 16.0 Å². The zero-order valence-corrected chi connectivity index (χ0v) is 11.4. The van der Waals surface area contributed by atoms with E-state index in [1.807, 2.05) is 44.2 Å². The standard InChI is InChI=1S/C14H23N3O/c1-4-17(12-8-6-5-7-9-12)10-13(14(15)18)16-11(2)3/h5-9,11,13,16H,4,10H2,1-3H3,(H2,15,18). The molecule has 100 valence electrons. The molecule has 1 atom stereocenters. The van der Waals surface area contributed by atoms with Crippen molar-refractivity contribution in [2.75, 3.05) is 18.0 Å². The molecule has 0 bridgehead atoms. The Kier molecular flexibility index (Phi) is 5.65. The number of primary amides is 1. The lowest BCUT2D eigenvalue weighted by molar-refractivity contribution is -0.119. The van der Waals surface area contributed by atoms with E-state index in [0.717, 1.165) is 12.2 Å². The molecule has 1 aromatic carbocycles. The summed E-state index contributed by atoms with van der Waals surface area (Å²) in [5, 5.41) is 3.20. The molecule has 1 amide bonds. The van der Waals surface area contributed by atoms with E-state index < -0.39 is 0 Å². The molecule has 1 unspecified atom stereocenters. The van der Waals surface area contributed by atoms with E-state index in [1.54, 1.807) is 0 Å². The van der Waals surface area contributed by atoms with Gasteiger partial charge in [-0.25, -0.2) is 0 Å². The second-order valence-corrected chi connectivity index (χ2v) is 4.65. The number of likely N-dealkylation sites (N-methyl/N-ethyl adjacent to an activating group) is 1. The van der Waals surface area contributed by atoms with Crippen molar-refractivity contribution < 1.29 is 4.79 Å². The highest BCUT2D eigenvalue weighted by Gasteiger charge is 2.19. The topological polar surface area (TPSA) is 58.4 Å². The Morgan fingerprint density at radius 1 is 1.33 bits per heavy atom.